The molecule has 1 saturated carbocycles. The molecule has 1 N–H and O–H groups in total. The maximum absolute atomic E-state index is 12.6. The lowest BCUT2D eigenvalue weighted by Gasteiger charge is -2.35. The predicted molar refractivity (Wildman–Crippen MR) is 80.6 cm³/mol. The first kappa shape index (κ1) is 15.0. The summed E-state index contributed by atoms with van der Waals surface area (Å²) < 4.78 is 5.37. The summed E-state index contributed by atoms with van der Waals surface area (Å²) in [6.07, 6.45) is -0.300. The lowest BCUT2D eigenvalue weighted by Crippen LogP contribution is -2.52. The number of rotatable bonds is 3. The van der Waals surface area contributed by atoms with Crippen LogP contribution in [0.1, 0.15) is 30.4 Å². The zero-order valence-corrected chi connectivity index (χ0v) is 12.9. The van der Waals surface area contributed by atoms with Crippen molar-refractivity contribution in [2.75, 3.05) is 13.1 Å². The minimum atomic E-state index is -1.00. The Balaban J connectivity index is 1.68. The predicted octanol–water partition coefficient (Wildman–Crippen LogP) is 1.80. The lowest BCUT2D eigenvalue weighted by atomic mass is 10.0. The third-order valence-corrected chi connectivity index (χ3v) is 4.54. The van der Waals surface area contributed by atoms with Crippen molar-refractivity contribution < 1.29 is 19.4 Å². The average molecular weight is 303 g/mol. The Kier molecular flexibility index (Phi) is 3.91. The van der Waals surface area contributed by atoms with Gasteiger partial charge in [-0.25, -0.2) is 4.79 Å². The van der Waals surface area contributed by atoms with Crippen LogP contribution in [0.2, 0.25) is 0 Å². The van der Waals surface area contributed by atoms with Gasteiger partial charge in [-0.15, -0.1) is 0 Å². The van der Waals surface area contributed by atoms with E-state index in [9.17, 15) is 9.59 Å². The summed E-state index contributed by atoms with van der Waals surface area (Å²) in [5, 5.41) is 9.11. The topological polar surface area (TPSA) is 66.8 Å². The van der Waals surface area contributed by atoms with Crippen molar-refractivity contribution in [2.45, 2.75) is 38.4 Å². The van der Waals surface area contributed by atoms with Crippen molar-refractivity contribution in [2.24, 2.45) is 5.92 Å². The van der Waals surface area contributed by atoms with E-state index >= 15 is 0 Å². The van der Waals surface area contributed by atoms with E-state index in [0.29, 0.717) is 6.54 Å². The summed E-state index contributed by atoms with van der Waals surface area (Å²) in [7, 11) is 0. The van der Waals surface area contributed by atoms with Gasteiger partial charge in [0.25, 0.3) is 0 Å². The van der Waals surface area contributed by atoms with E-state index in [1.165, 1.54) is 11.1 Å². The van der Waals surface area contributed by atoms with Crippen molar-refractivity contribution in [3.63, 3.8) is 0 Å². The maximum Gasteiger partial charge on any atom is 0.334 e. The number of aliphatic carboxylic acids is 1. The molecule has 3 unspecified atom stereocenters. The second-order valence-corrected chi connectivity index (χ2v) is 6.32. The SMILES string of the molecule is Cc1ccccc1C1CC1C(=O)N1CC(C(=O)O)O[C@H](C)C1. The second kappa shape index (κ2) is 5.72. The summed E-state index contributed by atoms with van der Waals surface area (Å²) >= 11 is 0. The number of benzene rings is 1. The van der Waals surface area contributed by atoms with Crippen LogP contribution in [0, 0.1) is 12.8 Å². The van der Waals surface area contributed by atoms with E-state index in [2.05, 4.69) is 19.1 Å². The highest BCUT2D eigenvalue weighted by Crippen LogP contribution is 2.49. The highest BCUT2D eigenvalue weighted by molar-refractivity contribution is 5.84. The van der Waals surface area contributed by atoms with Gasteiger partial charge in [0, 0.05) is 12.5 Å². The van der Waals surface area contributed by atoms with Crippen LogP contribution < -0.4 is 0 Å². The van der Waals surface area contributed by atoms with Gasteiger partial charge in [-0.2, -0.15) is 0 Å². The average Bonchev–Trinajstić information content (AvgIpc) is 3.26. The number of hydrogen-bond donors (Lipinski definition) is 1. The van der Waals surface area contributed by atoms with E-state index in [1.54, 1.807) is 11.8 Å². The molecule has 1 amide bonds. The number of aryl methyl sites for hydroxylation is 1. The Labute approximate surface area is 129 Å². The Bertz CT molecular complexity index is 600. The quantitative estimate of drug-likeness (QED) is 0.924. The van der Waals surface area contributed by atoms with Crippen molar-refractivity contribution in [1.29, 1.82) is 0 Å². The molecular weight excluding hydrogens is 282 g/mol. The summed E-state index contributed by atoms with van der Waals surface area (Å²) in [4.78, 5) is 25.4. The lowest BCUT2D eigenvalue weighted by molar-refractivity contribution is -0.167. The summed E-state index contributed by atoms with van der Waals surface area (Å²) in [5.41, 5.74) is 2.44. The van der Waals surface area contributed by atoms with Crippen molar-refractivity contribution in [3.8, 4) is 0 Å². The van der Waals surface area contributed by atoms with Crippen LogP contribution in [-0.4, -0.2) is 47.2 Å². The molecule has 3 rings (SSSR count). The molecule has 118 valence electrons. The normalized spacial score (nSPS) is 30.9. The summed E-state index contributed by atoms with van der Waals surface area (Å²) in [6.45, 7) is 4.49. The van der Waals surface area contributed by atoms with Crippen LogP contribution in [0.4, 0.5) is 0 Å². The number of carbonyl (C=O) groups is 2. The number of carboxylic acid groups (broad SMARTS) is 1. The third-order valence-electron chi connectivity index (χ3n) is 4.54. The van der Waals surface area contributed by atoms with Gasteiger partial charge in [-0.1, -0.05) is 24.3 Å². The van der Waals surface area contributed by atoms with Crippen LogP contribution in [0.25, 0.3) is 0 Å². The molecule has 5 heteroatoms. The fourth-order valence-electron chi connectivity index (χ4n) is 3.32. The number of amides is 1. The fraction of sp³-hybridized carbons (Fsp3) is 0.529. The number of hydrogen-bond acceptors (Lipinski definition) is 3. The molecule has 5 nitrogen and oxygen atoms in total. The summed E-state index contributed by atoms with van der Waals surface area (Å²) in [6, 6.07) is 8.14. The number of carboxylic acids is 1. The van der Waals surface area contributed by atoms with Gasteiger partial charge >= 0.3 is 5.97 Å². The number of ether oxygens (including phenoxy) is 1. The van der Waals surface area contributed by atoms with Gasteiger partial charge in [0.15, 0.2) is 6.10 Å². The van der Waals surface area contributed by atoms with E-state index in [4.69, 9.17) is 9.84 Å². The van der Waals surface area contributed by atoms with E-state index in [1.807, 2.05) is 12.1 Å². The summed E-state index contributed by atoms with van der Waals surface area (Å²) in [5.74, 6) is -0.679. The number of carbonyl (C=O) groups excluding carboxylic acids is 1. The van der Waals surface area contributed by atoms with Gasteiger partial charge < -0.3 is 14.7 Å². The van der Waals surface area contributed by atoms with E-state index < -0.39 is 12.1 Å². The molecule has 0 spiro atoms. The molecule has 0 bridgehead atoms. The Morgan fingerprint density at radius 3 is 2.68 bits per heavy atom. The monoisotopic (exact) mass is 303 g/mol. The minimum absolute atomic E-state index is 0.0131. The molecule has 1 aliphatic heterocycles. The first-order valence-electron chi connectivity index (χ1n) is 7.70. The highest BCUT2D eigenvalue weighted by Gasteiger charge is 2.47. The molecule has 0 radical (unpaired) electrons. The maximum atomic E-state index is 12.6. The first-order chi connectivity index (χ1) is 10.5. The Morgan fingerprint density at radius 1 is 1.27 bits per heavy atom. The van der Waals surface area contributed by atoms with Crippen molar-refractivity contribution in [3.05, 3.63) is 35.4 Å². The number of morpholine rings is 1. The molecule has 1 saturated heterocycles. The highest BCUT2D eigenvalue weighted by atomic mass is 16.5. The third kappa shape index (κ3) is 2.86. The molecule has 1 aromatic rings. The van der Waals surface area contributed by atoms with Gasteiger partial charge in [0.1, 0.15) is 0 Å². The molecule has 1 aliphatic carbocycles. The Hall–Kier alpha value is -1.88. The largest absolute Gasteiger partial charge is 0.479 e. The van der Waals surface area contributed by atoms with Crippen LogP contribution in [-0.2, 0) is 14.3 Å². The van der Waals surface area contributed by atoms with Crippen molar-refractivity contribution >= 4 is 11.9 Å². The fourth-order valence-corrected chi connectivity index (χ4v) is 3.32. The number of nitrogens with zero attached hydrogens (tertiary/aromatic N) is 1. The molecule has 1 heterocycles. The van der Waals surface area contributed by atoms with Crippen molar-refractivity contribution in [1.82, 2.24) is 4.90 Å². The zero-order chi connectivity index (χ0) is 15.9. The molecule has 4 atom stereocenters. The van der Waals surface area contributed by atoms with Gasteiger partial charge in [-0.3, -0.25) is 4.79 Å². The molecular formula is C17H21NO4. The minimum Gasteiger partial charge on any atom is -0.479 e. The smallest absolute Gasteiger partial charge is 0.334 e. The van der Waals surface area contributed by atoms with Gasteiger partial charge in [0.05, 0.1) is 12.6 Å². The second-order valence-electron chi connectivity index (χ2n) is 6.32. The molecule has 0 aromatic heterocycles. The first-order valence-corrected chi connectivity index (χ1v) is 7.70. The van der Waals surface area contributed by atoms with E-state index in [-0.39, 0.29) is 30.4 Å². The molecule has 22 heavy (non-hydrogen) atoms. The zero-order valence-electron chi connectivity index (χ0n) is 12.9. The van der Waals surface area contributed by atoms with Crippen LogP contribution in [0.5, 0.6) is 0 Å². The Morgan fingerprint density at radius 2 is 2.00 bits per heavy atom. The van der Waals surface area contributed by atoms with Crippen LogP contribution >= 0.6 is 0 Å². The van der Waals surface area contributed by atoms with Gasteiger partial charge in [-0.05, 0) is 37.3 Å². The molecule has 1 aromatic carbocycles. The van der Waals surface area contributed by atoms with E-state index in [0.717, 1.165) is 6.42 Å². The van der Waals surface area contributed by atoms with Crippen LogP contribution in [0.15, 0.2) is 24.3 Å². The molecule has 2 fully saturated rings. The van der Waals surface area contributed by atoms with Crippen LogP contribution in [0.3, 0.4) is 0 Å². The molecule has 2 aliphatic rings. The standard InChI is InChI=1S/C17H21NO4/c1-10-5-3-4-6-12(10)13-7-14(13)16(19)18-8-11(2)22-15(9-18)17(20)21/h3-6,11,13-15H,7-9H2,1-2H3,(H,20,21)/t11-,13?,14?,15?/m1/s1. The van der Waals surface area contributed by atoms with Gasteiger partial charge in [0.2, 0.25) is 5.91 Å².